The summed E-state index contributed by atoms with van der Waals surface area (Å²) in [6.07, 6.45) is 1.71. The highest BCUT2D eigenvalue weighted by Gasteiger charge is 2.33. The average molecular weight is 509 g/mol. The summed E-state index contributed by atoms with van der Waals surface area (Å²) in [5.74, 6) is 0.102. The normalized spacial score (nSPS) is 15.1. The zero-order chi connectivity index (χ0) is 26.0. The Morgan fingerprint density at radius 1 is 0.972 bits per heavy atom. The molecule has 1 aliphatic heterocycles. The Kier molecular flexibility index (Phi) is 7.07. The van der Waals surface area contributed by atoms with E-state index in [-0.39, 0.29) is 11.1 Å². The second kappa shape index (κ2) is 10.2. The first-order chi connectivity index (χ1) is 17.3. The summed E-state index contributed by atoms with van der Waals surface area (Å²) in [6, 6.07) is 11.0. The van der Waals surface area contributed by atoms with Crippen molar-refractivity contribution < 1.29 is 28.5 Å². The van der Waals surface area contributed by atoms with Crippen molar-refractivity contribution in [3.05, 3.63) is 90.1 Å². The third kappa shape index (κ3) is 4.42. The van der Waals surface area contributed by atoms with Gasteiger partial charge in [0.1, 0.15) is 11.5 Å². The Labute approximate surface area is 210 Å². The Bertz CT molecular complexity index is 1550. The lowest BCUT2D eigenvalue weighted by atomic mass is 9.95. The molecule has 3 aromatic rings. The minimum absolute atomic E-state index is 0.237. The summed E-state index contributed by atoms with van der Waals surface area (Å²) in [4.78, 5) is 43.4. The summed E-state index contributed by atoms with van der Waals surface area (Å²) in [7, 11) is 5.68. The second-order valence-electron chi connectivity index (χ2n) is 7.79. The monoisotopic (exact) mass is 508 g/mol. The zero-order valence-corrected chi connectivity index (χ0v) is 21.2. The molecule has 2 aromatic carbocycles. The number of hydrogen-bond acceptors (Lipinski definition) is 9. The van der Waals surface area contributed by atoms with E-state index in [4.69, 9.17) is 18.9 Å². The highest BCUT2D eigenvalue weighted by atomic mass is 32.1. The third-order valence-electron chi connectivity index (χ3n) is 5.80. The van der Waals surface area contributed by atoms with Gasteiger partial charge in [-0.15, -0.1) is 0 Å². The van der Waals surface area contributed by atoms with Gasteiger partial charge >= 0.3 is 11.9 Å². The molecular formula is C26H24N2O7S. The molecule has 0 N–H and O–H groups in total. The van der Waals surface area contributed by atoms with E-state index in [2.05, 4.69) is 4.99 Å². The van der Waals surface area contributed by atoms with Gasteiger partial charge in [-0.2, -0.15) is 0 Å². The maximum absolute atomic E-state index is 13.7. The zero-order valence-electron chi connectivity index (χ0n) is 20.4. The van der Waals surface area contributed by atoms with Crippen LogP contribution in [0.15, 0.2) is 63.5 Å². The summed E-state index contributed by atoms with van der Waals surface area (Å²) in [5, 5.41) is 0. The van der Waals surface area contributed by atoms with Crippen LogP contribution in [0, 0.1) is 0 Å². The first kappa shape index (κ1) is 24.9. The quantitative estimate of drug-likeness (QED) is 0.470. The van der Waals surface area contributed by atoms with Crippen molar-refractivity contribution in [1.82, 2.24) is 4.57 Å². The number of carbonyl (C=O) groups excluding carboxylic acids is 2. The number of nitrogens with zero attached hydrogens (tertiary/aromatic N) is 2. The fraction of sp³-hybridized carbons (Fsp3) is 0.231. The van der Waals surface area contributed by atoms with E-state index in [9.17, 15) is 14.4 Å². The van der Waals surface area contributed by atoms with E-state index in [1.165, 1.54) is 30.1 Å². The van der Waals surface area contributed by atoms with Crippen LogP contribution < -0.4 is 24.4 Å². The smallest absolute Gasteiger partial charge is 0.338 e. The van der Waals surface area contributed by atoms with Crippen molar-refractivity contribution in [1.29, 1.82) is 0 Å². The number of esters is 2. The molecule has 0 radical (unpaired) electrons. The Balaban J connectivity index is 1.94. The van der Waals surface area contributed by atoms with Gasteiger partial charge in [0.05, 0.1) is 55.8 Å². The number of aromatic nitrogens is 1. The number of ether oxygens (including phenoxy) is 4. The van der Waals surface area contributed by atoms with Crippen LogP contribution in [-0.4, -0.2) is 44.9 Å². The van der Waals surface area contributed by atoms with Gasteiger partial charge < -0.3 is 18.9 Å². The summed E-state index contributed by atoms with van der Waals surface area (Å²) in [5.41, 5.74) is 1.96. The molecule has 1 aromatic heterocycles. The maximum atomic E-state index is 13.7. The summed E-state index contributed by atoms with van der Waals surface area (Å²) < 4.78 is 22.4. The number of fused-ring (bicyclic) bond motifs is 1. The average Bonchev–Trinajstić information content (AvgIpc) is 3.20. The predicted octanol–water partition coefficient (Wildman–Crippen LogP) is 2.21. The molecule has 0 spiro atoms. The lowest BCUT2D eigenvalue weighted by Crippen LogP contribution is -2.39. The van der Waals surface area contributed by atoms with Gasteiger partial charge in [0, 0.05) is 5.56 Å². The lowest BCUT2D eigenvalue weighted by Gasteiger charge is -2.24. The molecule has 10 heteroatoms. The molecule has 4 rings (SSSR count). The molecule has 2 heterocycles. The van der Waals surface area contributed by atoms with Gasteiger partial charge in [0.2, 0.25) is 0 Å². The summed E-state index contributed by atoms with van der Waals surface area (Å²) >= 11 is 1.20. The van der Waals surface area contributed by atoms with E-state index in [0.29, 0.717) is 43.2 Å². The minimum Gasteiger partial charge on any atom is -0.497 e. The molecular weight excluding hydrogens is 484 g/mol. The van der Waals surface area contributed by atoms with Gasteiger partial charge in [-0.3, -0.25) is 9.36 Å². The van der Waals surface area contributed by atoms with Crippen molar-refractivity contribution in [2.45, 2.75) is 13.0 Å². The molecule has 0 saturated carbocycles. The molecule has 9 nitrogen and oxygen atoms in total. The Hall–Kier alpha value is -4.18. The van der Waals surface area contributed by atoms with Crippen LogP contribution in [-0.2, 0) is 14.3 Å². The number of thiazole rings is 1. The van der Waals surface area contributed by atoms with E-state index in [0.717, 1.165) is 0 Å². The third-order valence-corrected chi connectivity index (χ3v) is 6.78. The molecule has 0 amide bonds. The van der Waals surface area contributed by atoms with Crippen LogP contribution in [0.25, 0.3) is 6.08 Å². The van der Waals surface area contributed by atoms with Crippen molar-refractivity contribution >= 4 is 29.4 Å². The molecule has 186 valence electrons. The van der Waals surface area contributed by atoms with Crippen molar-refractivity contribution in [2.75, 3.05) is 28.4 Å². The summed E-state index contributed by atoms with van der Waals surface area (Å²) in [6.45, 7) is 1.70. The van der Waals surface area contributed by atoms with Gasteiger partial charge in [-0.25, -0.2) is 14.6 Å². The van der Waals surface area contributed by atoms with Crippen LogP contribution in [0.4, 0.5) is 0 Å². The highest BCUT2D eigenvalue weighted by molar-refractivity contribution is 7.07. The van der Waals surface area contributed by atoms with Crippen LogP contribution in [0.1, 0.15) is 34.5 Å². The standard InChI is InChI=1S/C26H24N2O7S/c1-14-21(25(31)35-5)22(15-6-8-16(9-7-15)24(30)34-4)28-23(29)20(36-26(28)27-14)13-17-12-18(32-2)10-11-19(17)33-3/h6-13,22H,1-5H3. The molecule has 36 heavy (non-hydrogen) atoms. The fourth-order valence-corrected chi connectivity index (χ4v) is 5.06. The molecule has 0 aliphatic carbocycles. The molecule has 0 bridgehead atoms. The second-order valence-corrected chi connectivity index (χ2v) is 8.80. The number of carbonyl (C=O) groups is 2. The first-order valence-corrected chi connectivity index (χ1v) is 11.7. The predicted molar refractivity (Wildman–Crippen MR) is 133 cm³/mol. The minimum atomic E-state index is -0.797. The molecule has 0 saturated heterocycles. The number of rotatable bonds is 6. The van der Waals surface area contributed by atoms with E-state index < -0.39 is 18.0 Å². The fourth-order valence-electron chi connectivity index (χ4n) is 4.02. The molecule has 1 unspecified atom stereocenters. The first-order valence-electron chi connectivity index (χ1n) is 10.8. The topological polar surface area (TPSA) is 105 Å². The van der Waals surface area contributed by atoms with Gasteiger partial charge in [-0.1, -0.05) is 23.5 Å². The maximum Gasteiger partial charge on any atom is 0.338 e. The van der Waals surface area contributed by atoms with E-state index in [1.807, 2.05) is 0 Å². The lowest BCUT2D eigenvalue weighted by molar-refractivity contribution is -0.136. The largest absolute Gasteiger partial charge is 0.497 e. The van der Waals surface area contributed by atoms with Crippen LogP contribution >= 0.6 is 11.3 Å². The van der Waals surface area contributed by atoms with Gasteiger partial charge in [-0.05, 0) is 48.9 Å². The van der Waals surface area contributed by atoms with Crippen LogP contribution in [0.5, 0.6) is 11.5 Å². The van der Waals surface area contributed by atoms with Gasteiger partial charge in [0.15, 0.2) is 4.80 Å². The van der Waals surface area contributed by atoms with Crippen molar-refractivity contribution in [3.63, 3.8) is 0 Å². The Morgan fingerprint density at radius 2 is 1.67 bits per heavy atom. The van der Waals surface area contributed by atoms with E-state index in [1.54, 1.807) is 69.7 Å². The van der Waals surface area contributed by atoms with Crippen molar-refractivity contribution in [3.8, 4) is 11.5 Å². The Morgan fingerprint density at radius 3 is 2.28 bits per heavy atom. The molecule has 1 atom stereocenters. The van der Waals surface area contributed by atoms with Crippen molar-refractivity contribution in [2.24, 2.45) is 4.99 Å². The highest BCUT2D eigenvalue weighted by Crippen LogP contribution is 2.31. The number of hydrogen-bond donors (Lipinski definition) is 0. The SMILES string of the molecule is COC(=O)C1=C(C)N=c2sc(=Cc3cc(OC)ccc3OC)c(=O)n2C1c1ccc(C(=O)OC)cc1. The number of methoxy groups -OCH3 is 4. The van der Waals surface area contributed by atoms with Crippen LogP contribution in [0.2, 0.25) is 0 Å². The molecule has 1 aliphatic rings. The molecule has 0 fully saturated rings. The van der Waals surface area contributed by atoms with E-state index >= 15 is 0 Å². The van der Waals surface area contributed by atoms with Gasteiger partial charge in [0.25, 0.3) is 5.56 Å². The van der Waals surface area contributed by atoms with Crippen LogP contribution in [0.3, 0.4) is 0 Å². The number of benzene rings is 2. The number of allylic oxidation sites excluding steroid dienone is 1.